The first-order chi connectivity index (χ1) is 21.8. The third kappa shape index (κ3) is 14.5. The zero-order valence-electron chi connectivity index (χ0n) is 28.4. The molecule has 0 radical (unpaired) electrons. The van der Waals surface area contributed by atoms with Crippen LogP contribution in [0.4, 0.5) is 0 Å². The van der Waals surface area contributed by atoms with Gasteiger partial charge >= 0.3 is 5.97 Å². The van der Waals surface area contributed by atoms with Crippen molar-refractivity contribution in [3.8, 4) is 0 Å². The van der Waals surface area contributed by atoms with Gasteiger partial charge in [0.05, 0.1) is 42.0 Å². The van der Waals surface area contributed by atoms with E-state index in [1.165, 1.54) is 57.8 Å². The standard InChI is InChI=1S/C37H65ClO7/c1-3-4-5-6-7-11-15-18-21-32(41)36-30(38)26-35(45-36)34-23-22-33(44-34)31(40)20-17-14-12-9-8-10-13-16-19-29(39)25-28-24-27(2)43-37(28)42/h24,27,29-36,39-41H,3-23,25-26H2,1-2H3/t27-,29+,30+,31+,32+,33+,34+,35-,36+/m0/s1. The third-order valence-corrected chi connectivity index (χ3v) is 10.5. The van der Waals surface area contributed by atoms with Crippen molar-refractivity contribution >= 4 is 17.6 Å². The lowest BCUT2D eigenvalue weighted by molar-refractivity contribution is -0.139. The van der Waals surface area contributed by atoms with E-state index in [0.717, 1.165) is 77.0 Å². The number of cyclic esters (lactones) is 1. The largest absolute Gasteiger partial charge is 0.455 e. The first-order valence-corrected chi connectivity index (χ1v) is 19.1. The molecule has 0 saturated carbocycles. The Morgan fingerprint density at radius 1 is 0.756 bits per heavy atom. The fourth-order valence-corrected chi connectivity index (χ4v) is 7.69. The van der Waals surface area contributed by atoms with Gasteiger partial charge < -0.3 is 29.5 Å². The molecule has 0 spiro atoms. The lowest BCUT2D eigenvalue weighted by Gasteiger charge is -2.24. The summed E-state index contributed by atoms with van der Waals surface area (Å²) in [4.78, 5) is 11.7. The van der Waals surface area contributed by atoms with Crippen molar-refractivity contribution in [2.75, 3.05) is 0 Å². The molecule has 9 atom stereocenters. The van der Waals surface area contributed by atoms with Crippen molar-refractivity contribution in [1.82, 2.24) is 0 Å². The highest BCUT2D eigenvalue weighted by atomic mass is 35.5. The van der Waals surface area contributed by atoms with E-state index >= 15 is 0 Å². The molecule has 0 aliphatic carbocycles. The van der Waals surface area contributed by atoms with Gasteiger partial charge in [0.25, 0.3) is 0 Å². The van der Waals surface area contributed by atoms with Gasteiger partial charge in [0, 0.05) is 12.0 Å². The van der Waals surface area contributed by atoms with Crippen LogP contribution in [0, 0.1) is 0 Å². The van der Waals surface area contributed by atoms with Crippen LogP contribution in [0.3, 0.4) is 0 Å². The number of unbranched alkanes of at least 4 members (excludes halogenated alkanes) is 14. The molecule has 45 heavy (non-hydrogen) atoms. The van der Waals surface area contributed by atoms with Gasteiger partial charge in [-0.3, -0.25) is 0 Å². The number of aliphatic hydroxyl groups excluding tert-OH is 3. The van der Waals surface area contributed by atoms with E-state index in [1.807, 2.05) is 13.0 Å². The Bertz CT molecular complexity index is 838. The van der Waals surface area contributed by atoms with Crippen molar-refractivity contribution in [3.05, 3.63) is 11.6 Å². The molecule has 2 fully saturated rings. The highest BCUT2D eigenvalue weighted by Crippen LogP contribution is 2.37. The predicted octanol–water partition coefficient (Wildman–Crippen LogP) is 8.08. The second-order valence-electron chi connectivity index (χ2n) is 14.1. The molecule has 3 N–H and O–H groups in total. The highest BCUT2D eigenvalue weighted by Gasteiger charge is 2.44. The maximum atomic E-state index is 11.7. The molecule has 7 nitrogen and oxygen atoms in total. The Labute approximate surface area is 278 Å². The van der Waals surface area contributed by atoms with Gasteiger partial charge in [-0.2, -0.15) is 0 Å². The first kappa shape index (κ1) is 38.7. The molecule has 262 valence electrons. The maximum absolute atomic E-state index is 11.7. The minimum absolute atomic E-state index is 0.0488. The molecule has 3 heterocycles. The maximum Gasteiger partial charge on any atom is 0.334 e. The minimum Gasteiger partial charge on any atom is -0.455 e. The van der Waals surface area contributed by atoms with E-state index < -0.39 is 18.3 Å². The number of esters is 1. The third-order valence-electron chi connectivity index (χ3n) is 10.0. The van der Waals surface area contributed by atoms with Gasteiger partial charge in [-0.15, -0.1) is 11.6 Å². The van der Waals surface area contributed by atoms with Gasteiger partial charge in [-0.05, 0) is 51.5 Å². The number of rotatable bonds is 25. The Morgan fingerprint density at radius 2 is 1.31 bits per heavy atom. The van der Waals surface area contributed by atoms with Gasteiger partial charge in [0.1, 0.15) is 12.2 Å². The molecule has 8 heteroatoms. The number of aliphatic hydroxyl groups is 3. The Hall–Kier alpha value is -0.700. The number of carbonyl (C=O) groups excluding carboxylic acids is 1. The van der Waals surface area contributed by atoms with Crippen LogP contribution >= 0.6 is 11.6 Å². The molecule has 3 aliphatic rings. The van der Waals surface area contributed by atoms with Crippen LogP contribution in [-0.4, -0.2) is 75.5 Å². The average molecular weight is 657 g/mol. The second kappa shape index (κ2) is 22.0. The molecule has 0 aromatic rings. The zero-order chi connectivity index (χ0) is 32.4. The van der Waals surface area contributed by atoms with Gasteiger partial charge in [-0.1, -0.05) is 110 Å². The number of hydrogen-bond acceptors (Lipinski definition) is 7. The summed E-state index contributed by atoms with van der Waals surface area (Å²) in [5, 5.41) is 31.6. The smallest absolute Gasteiger partial charge is 0.334 e. The summed E-state index contributed by atoms with van der Waals surface area (Å²) in [6, 6.07) is 0. The SMILES string of the molecule is CCCCCCCCCC[C@@H](O)[C@@H]1O[C@H]([C@H]2CC[C@H]([C@H](O)CCCCCCCCCC[C@@H](O)CC3=C[C@H](C)OC3=O)O2)C[C@H]1Cl. The van der Waals surface area contributed by atoms with E-state index in [9.17, 15) is 20.1 Å². The Balaban J connectivity index is 1.16. The van der Waals surface area contributed by atoms with E-state index in [0.29, 0.717) is 18.4 Å². The molecule has 0 aromatic carbocycles. The van der Waals surface area contributed by atoms with E-state index in [2.05, 4.69) is 6.92 Å². The summed E-state index contributed by atoms with van der Waals surface area (Å²) in [7, 11) is 0. The summed E-state index contributed by atoms with van der Waals surface area (Å²) in [5.41, 5.74) is 0.611. The molecule has 0 unspecified atom stereocenters. The normalized spacial score (nSPS) is 28.8. The van der Waals surface area contributed by atoms with Crippen LogP contribution in [0.5, 0.6) is 0 Å². The van der Waals surface area contributed by atoms with Crippen LogP contribution in [0.2, 0.25) is 0 Å². The summed E-state index contributed by atoms with van der Waals surface area (Å²) >= 11 is 6.63. The molecular weight excluding hydrogens is 592 g/mol. The van der Waals surface area contributed by atoms with Crippen LogP contribution in [0.15, 0.2) is 11.6 Å². The summed E-state index contributed by atoms with van der Waals surface area (Å²) in [6.07, 6.45) is 23.5. The van der Waals surface area contributed by atoms with E-state index in [-0.39, 0.29) is 41.9 Å². The molecule has 3 rings (SSSR count). The fourth-order valence-electron chi connectivity index (χ4n) is 7.28. The summed E-state index contributed by atoms with van der Waals surface area (Å²) in [6.45, 7) is 4.08. The molecular formula is C37H65ClO7. The topological polar surface area (TPSA) is 105 Å². The van der Waals surface area contributed by atoms with Crippen molar-refractivity contribution < 1.29 is 34.3 Å². The summed E-state index contributed by atoms with van der Waals surface area (Å²) < 4.78 is 17.6. The van der Waals surface area contributed by atoms with Crippen LogP contribution in [0.1, 0.15) is 162 Å². The monoisotopic (exact) mass is 656 g/mol. The van der Waals surface area contributed by atoms with Crippen molar-refractivity contribution in [1.29, 1.82) is 0 Å². The van der Waals surface area contributed by atoms with Crippen LogP contribution in [0.25, 0.3) is 0 Å². The number of halogens is 1. The van der Waals surface area contributed by atoms with Gasteiger partial charge in [0.15, 0.2) is 0 Å². The highest BCUT2D eigenvalue weighted by molar-refractivity contribution is 6.21. The number of ether oxygens (including phenoxy) is 3. The van der Waals surface area contributed by atoms with Crippen molar-refractivity contribution in [2.24, 2.45) is 0 Å². The number of hydrogen-bond donors (Lipinski definition) is 3. The number of carbonyl (C=O) groups is 1. The minimum atomic E-state index is -0.523. The van der Waals surface area contributed by atoms with E-state index in [4.69, 9.17) is 25.8 Å². The van der Waals surface area contributed by atoms with Crippen LogP contribution in [-0.2, 0) is 19.0 Å². The summed E-state index contributed by atoms with van der Waals surface area (Å²) in [5.74, 6) is -0.285. The number of alkyl halides is 1. The molecule has 0 bridgehead atoms. The lowest BCUT2D eigenvalue weighted by atomic mass is 10.00. The Kier molecular flexibility index (Phi) is 19.0. The first-order valence-electron chi connectivity index (χ1n) is 18.7. The lowest BCUT2D eigenvalue weighted by Crippen LogP contribution is -2.34. The van der Waals surface area contributed by atoms with Crippen LogP contribution < -0.4 is 0 Å². The van der Waals surface area contributed by atoms with Crippen molar-refractivity contribution in [2.45, 2.75) is 216 Å². The Morgan fingerprint density at radius 3 is 1.89 bits per heavy atom. The predicted molar refractivity (Wildman–Crippen MR) is 180 cm³/mol. The average Bonchev–Trinajstić information content (AvgIpc) is 3.73. The van der Waals surface area contributed by atoms with Gasteiger partial charge in [-0.25, -0.2) is 4.79 Å². The van der Waals surface area contributed by atoms with Gasteiger partial charge in [0.2, 0.25) is 0 Å². The van der Waals surface area contributed by atoms with Crippen molar-refractivity contribution in [3.63, 3.8) is 0 Å². The molecule has 0 aromatic heterocycles. The second-order valence-corrected chi connectivity index (χ2v) is 14.7. The fraction of sp³-hybridized carbons (Fsp3) is 0.919. The zero-order valence-corrected chi connectivity index (χ0v) is 29.1. The quantitative estimate of drug-likeness (QED) is 0.0518. The molecule has 3 aliphatic heterocycles. The molecule has 2 saturated heterocycles. The molecule has 0 amide bonds. The van der Waals surface area contributed by atoms with E-state index in [1.54, 1.807) is 0 Å².